The van der Waals surface area contributed by atoms with E-state index in [0.29, 0.717) is 11.9 Å². The molecule has 11 rings (SSSR count). The second kappa shape index (κ2) is 11.6. The van der Waals surface area contributed by atoms with Gasteiger partial charge in [-0.3, -0.25) is 4.57 Å². The first kappa shape index (κ1) is 29.4. The molecule has 10 aromatic rings. The molecular weight excluding hydrogens is 651 g/mol. The number of fused-ring (bicyclic) bond motifs is 9. The molecule has 0 N–H and O–H groups in total. The van der Waals surface area contributed by atoms with Gasteiger partial charge >= 0.3 is 0 Å². The third-order valence-electron chi connectivity index (χ3n) is 10.9. The summed E-state index contributed by atoms with van der Waals surface area (Å²) in [7, 11) is 0. The van der Waals surface area contributed by atoms with E-state index in [1.165, 1.54) is 69.9 Å². The van der Waals surface area contributed by atoms with Crippen molar-refractivity contribution in [3.05, 3.63) is 187 Å². The van der Waals surface area contributed by atoms with Crippen molar-refractivity contribution in [2.75, 3.05) is 0 Å². The van der Waals surface area contributed by atoms with Crippen LogP contribution in [0.25, 0.3) is 81.4 Å². The highest BCUT2D eigenvalue weighted by Gasteiger charge is 2.28. The molecule has 0 unspecified atom stereocenters. The quantitative estimate of drug-likeness (QED) is 0.181. The van der Waals surface area contributed by atoms with Gasteiger partial charge < -0.3 is 0 Å². The van der Waals surface area contributed by atoms with E-state index in [-0.39, 0.29) is 0 Å². The molecule has 0 fully saturated rings. The number of para-hydroxylation sites is 1. The predicted molar refractivity (Wildman–Crippen MR) is 218 cm³/mol. The minimum Gasteiger partial charge on any atom is -0.278 e. The van der Waals surface area contributed by atoms with Crippen LogP contribution in [0.5, 0.6) is 0 Å². The minimum absolute atomic E-state index is 0.331. The summed E-state index contributed by atoms with van der Waals surface area (Å²) in [5.74, 6) is 1.00. The zero-order chi connectivity index (χ0) is 34.2. The van der Waals surface area contributed by atoms with Crippen molar-refractivity contribution in [1.82, 2.24) is 14.5 Å². The van der Waals surface area contributed by atoms with E-state index in [2.05, 4.69) is 162 Å². The highest BCUT2D eigenvalue weighted by atomic mass is 32.1. The number of thiophene rings is 1. The number of rotatable bonds is 5. The van der Waals surface area contributed by atoms with Crippen LogP contribution >= 0.6 is 11.3 Å². The van der Waals surface area contributed by atoms with Crippen LogP contribution in [-0.2, 0) is 6.42 Å². The Morgan fingerprint density at radius 3 is 2.08 bits per heavy atom. The summed E-state index contributed by atoms with van der Waals surface area (Å²) in [5.41, 5.74) is 13.5. The number of nitrogens with zero attached hydrogens (tertiary/aromatic N) is 3. The van der Waals surface area contributed by atoms with Gasteiger partial charge in [0.1, 0.15) is 0 Å². The molecule has 7 aromatic carbocycles. The molecule has 0 radical (unpaired) electrons. The lowest BCUT2D eigenvalue weighted by Gasteiger charge is -2.15. The van der Waals surface area contributed by atoms with Gasteiger partial charge in [0, 0.05) is 48.6 Å². The van der Waals surface area contributed by atoms with Crippen molar-refractivity contribution in [3.63, 3.8) is 0 Å². The van der Waals surface area contributed by atoms with E-state index in [4.69, 9.17) is 9.97 Å². The molecule has 0 saturated heterocycles. The summed E-state index contributed by atoms with van der Waals surface area (Å²) in [6.07, 6.45) is 2.83. The van der Waals surface area contributed by atoms with Gasteiger partial charge in [-0.2, -0.15) is 0 Å². The van der Waals surface area contributed by atoms with Crippen LogP contribution in [0.4, 0.5) is 0 Å². The maximum absolute atomic E-state index is 5.23. The lowest BCUT2D eigenvalue weighted by molar-refractivity contribution is 0.827. The number of benzene rings is 7. The molecule has 4 heteroatoms. The van der Waals surface area contributed by atoms with E-state index < -0.39 is 0 Å². The summed E-state index contributed by atoms with van der Waals surface area (Å²) < 4.78 is 4.86. The molecule has 0 saturated carbocycles. The SMILES string of the molecule is c1cc(CC2c3ccccc3-c3ccccc32)cc(-c2ccnc(-n3c4ccccc4c4cc(-c5cccc6c5sc5ccccc56)ccc43)n2)c1. The normalized spacial score (nSPS) is 12.6. The van der Waals surface area contributed by atoms with E-state index >= 15 is 0 Å². The standard InChI is InChI=1S/C48H31N3S/c1-3-15-36-34(13-1)35-14-2-4-16-37(35)41(36)28-30-11-9-12-32(27-30)43-25-26-49-48(50-43)51-44-21-7-5-17-38(44)42-29-31(23-24-45(42)51)33-19-10-20-40-39-18-6-8-22-46(39)52-47(33)40/h1-27,29,41H,28H2. The third-order valence-corrected chi connectivity index (χ3v) is 12.1. The van der Waals surface area contributed by atoms with Crippen molar-refractivity contribution < 1.29 is 0 Å². The monoisotopic (exact) mass is 681 g/mol. The van der Waals surface area contributed by atoms with Crippen LogP contribution in [0, 0.1) is 0 Å². The summed E-state index contributed by atoms with van der Waals surface area (Å²) in [5, 5.41) is 5.02. The first-order chi connectivity index (χ1) is 25.8. The summed E-state index contributed by atoms with van der Waals surface area (Å²) in [6, 6.07) is 59.5. The summed E-state index contributed by atoms with van der Waals surface area (Å²) >= 11 is 1.87. The van der Waals surface area contributed by atoms with Crippen LogP contribution in [0.15, 0.2) is 170 Å². The fourth-order valence-electron chi connectivity index (χ4n) is 8.52. The van der Waals surface area contributed by atoms with Crippen molar-refractivity contribution >= 4 is 53.3 Å². The maximum Gasteiger partial charge on any atom is 0.235 e. The first-order valence-electron chi connectivity index (χ1n) is 17.8. The number of hydrogen-bond donors (Lipinski definition) is 0. The van der Waals surface area contributed by atoms with Crippen molar-refractivity contribution in [3.8, 4) is 39.5 Å². The zero-order valence-corrected chi connectivity index (χ0v) is 29.0. The second-order valence-corrected chi connectivity index (χ2v) is 14.8. The highest BCUT2D eigenvalue weighted by molar-refractivity contribution is 7.26. The molecule has 0 aliphatic heterocycles. The third kappa shape index (κ3) is 4.51. The minimum atomic E-state index is 0.331. The van der Waals surface area contributed by atoms with E-state index in [0.717, 1.165) is 28.7 Å². The van der Waals surface area contributed by atoms with E-state index in [1.807, 2.05) is 23.6 Å². The second-order valence-electron chi connectivity index (χ2n) is 13.7. The first-order valence-corrected chi connectivity index (χ1v) is 18.6. The molecule has 3 nitrogen and oxygen atoms in total. The lowest BCUT2D eigenvalue weighted by atomic mass is 9.89. The van der Waals surface area contributed by atoms with Crippen LogP contribution in [0.3, 0.4) is 0 Å². The fraction of sp³-hybridized carbons (Fsp3) is 0.0417. The summed E-state index contributed by atoms with van der Waals surface area (Å²) in [4.78, 5) is 10.1. The Labute approximate surface area is 305 Å². The average Bonchev–Trinajstić information content (AvgIpc) is 3.86. The Kier molecular flexibility index (Phi) is 6.55. The Bertz CT molecular complexity index is 2980. The van der Waals surface area contributed by atoms with Crippen LogP contribution < -0.4 is 0 Å². The van der Waals surface area contributed by atoms with Gasteiger partial charge in [-0.25, -0.2) is 9.97 Å². The molecule has 1 aliphatic rings. The molecule has 0 amide bonds. The van der Waals surface area contributed by atoms with Gasteiger partial charge in [0.05, 0.1) is 16.7 Å². The van der Waals surface area contributed by atoms with Crippen molar-refractivity contribution in [2.45, 2.75) is 12.3 Å². The van der Waals surface area contributed by atoms with Gasteiger partial charge in [-0.1, -0.05) is 127 Å². The smallest absolute Gasteiger partial charge is 0.235 e. The van der Waals surface area contributed by atoms with Crippen LogP contribution in [0.2, 0.25) is 0 Å². The Morgan fingerprint density at radius 1 is 0.519 bits per heavy atom. The van der Waals surface area contributed by atoms with Crippen molar-refractivity contribution in [2.24, 2.45) is 0 Å². The predicted octanol–water partition coefficient (Wildman–Crippen LogP) is 12.6. The molecule has 0 spiro atoms. The molecule has 3 aromatic heterocycles. The van der Waals surface area contributed by atoms with Crippen LogP contribution in [0.1, 0.15) is 22.6 Å². The Morgan fingerprint density at radius 2 is 1.21 bits per heavy atom. The zero-order valence-electron chi connectivity index (χ0n) is 28.2. The van der Waals surface area contributed by atoms with Gasteiger partial charge in [0.25, 0.3) is 0 Å². The van der Waals surface area contributed by atoms with E-state index in [9.17, 15) is 0 Å². The molecule has 0 atom stereocenters. The van der Waals surface area contributed by atoms with Gasteiger partial charge in [0.15, 0.2) is 0 Å². The Hall–Kier alpha value is -6.36. The largest absolute Gasteiger partial charge is 0.278 e. The van der Waals surface area contributed by atoms with Crippen molar-refractivity contribution in [1.29, 1.82) is 0 Å². The number of hydrogen-bond acceptors (Lipinski definition) is 3. The molecule has 1 aliphatic carbocycles. The molecule has 3 heterocycles. The molecule has 0 bridgehead atoms. The molecular formula is C48H31N3S. The fourth-order valence-corrected chi connectivity index (χ4v) is 9.76. The average molecular weight is 682 g/mol. The van der Waals surface area contributed by atoms with E-state index in [1.54, 1.807) is 0 Å². The molecule has 52 heavy (non-hydrogen) atoms. The maximum atomic E-state index is 5.23. The summed E-state index contributed by atoms with van der Waals surface area (Å²) in [6.45, 7) is 0. The lowest BCUT2D eigenvalue weighted by Crippen LogP contribution is -2.03. The molecule has 244 valence electrons. The Balaban J connectivity index is 0.993. The van der Waals surface area contributed by atoms with Gasteiger partial charge in [-0.15, -0.1) is 11.3 Å². The van der Waals surface area contributed by atoms with Gasteiger partial charge in [-0.05, 0) is 81.8 Å². The number of aromatic nitrogens is 3. The highest BCUT2D eigenvalue weighted by Crippen LogP contribution is 2.46. The van der Waals surface area contributed by atoms with Crippen LogP contribution in [-0.4, -0.2) is 14.5 Å². The van der Waals surface area contributed by atoms with Gasteiger partial charge in [0.2, 0.25) is 5.95 Å². The topological polar surface area (TPSA) is 30.7 Å².